The first-order valence-electron chi connectivity index (χ1n) is 6.36. The van der Waals surface area contributed by atoms with Crippen molar-refractivity contribution in [3.8, 4) is 0 Å². The van der Waals surface area contributed by atoms with E-state index in [1.807, 2.05) is 42.5 Å². The Hall–Kier alpha value is -1.35. The lowest BCUT2D eigenvalue weighted by atomic mass is 10.1. The summed E-state index contributed by atoms with van der Waals surface area (Å²) >= 11 is 5.83. The summed E-state index contributed by atoms with van der Waals surface area (Å²) in [7, 11) is 0. The summed E-state index contributed by atoms with van der Waals surface area (Å²) in [6.45, 7) is 1.12. The van der Waals surface area contributed by atoms with E-state index in [1.54, 1.807) is 0 Å². The van der Waals surface area contributed by atoms with Crippen LogP contribution in [0.3, 0.4) is 0 Å². The zero-order valence-corrected chi connectivity index (χ0v) is 11.5. The largest absolute Gasteiger partial charge is 0.375 e. The van der Waals surface area contributed by atoms with Gasteiger partial charge in [-0.05, 0) is 29.7 Å². The van der Waals surface area contributed by atoms with Gasteiger partial charge >= 0.3 is 0 Å². The van der Waals surface area contributed by atoms with Crippen LogP contribution in [0.4, 0.5) is 0 Å². The van der Waals surface area contributed by atoms with Crippen molar-refractivity contribution in [1.29, 1.82) is 0 Å². The molecule has 0 fully saturated rings. The molecule has 0 amide bonds. The third-order valence-corrected chi connectivity index (χ3v) is 3.11. The van der Waals surface area contributed by atoms with Crippen molar-refractivity contribution in [2.75, 3.05) is 6.61 Å². The summed E-state index contributed by atoms with van der Waals surface area (Å²) in [5, 5.41) is 0.740. The molecular weight excluding hydrogens is 258 g/mol. The molecule has 2 aromatic carbocycles. The van der Waals surface area contributed by atoms with Gasteiger partial charge in [0.1, 0.15) is 0 Å². The Labute approximate surface area is 119 Å². The molecule has 100 valence electrons. The Morgan fingerprint density at radius 3 is 2.32 bits per heavy atom. The van der Waals surface area contributed by atoms with Crippen LogP contribution in [0.5, 0.6) is 0 Å². The van der Waals surface area contributed by atoms with Gasteiger partial charge in [-0.15, -0.1) is 0 Å². The van der Waals surface area contributed by atoms with Gasteiger partial charge in [-0.2, -0.15) is 0 Å². The maximum atomic E-state index is 6.05. The van der Waals surface area contributed by atoms with Gasteiger partial charge in [0.05, 0.1) is 13.2 Å². The lowest BCUT2D eigenvalue weighted by Gasteiger charge is -2.12. The van der Waals surface area contributed by atoms with Gasteiger partial charge in [0.2, 0.25) is 0 Å². The molecular formula is C16H18ClNO. The van der Waals surface area contributed by atoms with Gasteiger partial charge in [0.25, 0.3) is 0 Å². The summed E-state index contributed by atoms with van der Waals surface area (Å²) in [5.74, 6) is 0. The number of ether oxygens (including phenoxy) is 1. The van der Waals surface area contributed by atoms with E-state index in [1.165, 1.54) is 5.56 Å². The fraction of sp³-hybridized carbons (Fsp3) is 0.250. The molecule has 0 aliphatic rings. The van der Waals surface area contributed by atoms with Crippen LogP contribution in [-0.4, -0.2) is 12.6 Å². The highest BCUT2D eigenvalue weighted by atomic mass is 35.5. The monoisotopic (exact) mass is 275 g/mol. The predicted octanol–water partition coefficient (Wildman–Crippen LogP) is 3.43. The number of rotatable bonds is 6. The minimum Gasteiger partial charge on any atom is -0.375 e. The predicted molar refractivity (Wildman–Crippen MR) is 79.2 cm³/mol. The molecule has 3 heteroatoms. The van der Waals surface area contributed by atoms with Crippen LogP contribution in [0.15, 0.2) is 54.6 Å². The first-order chi connectivity index (χ1) is 9.24. The van der Waals surface area contributed by atoms with E-state index < -0.39 is 0 Å². The highest BCUT2D eigenvalue weighted by molar-refractivity contribution is 6.30. The van der Waals surface area contributed by atoms with E-state index in [0.717, 1.165) is 17.0 Å². The quantitative estimate of drug-likeness (QED) is 0.877. The van der Waals surface area contributed by atoms with E-state index in [0.29, 0.717) is 13.2 Å². The molecule has 0 spiro atoms. The van der Waals surface area contributed by atoms with Gasteiger partial charge in [-0.25, -0.2) is 0 Å². The minimum atomic E-state index is 0.0229. The van der Waals surface area contributed by atoms with Gasteiger partial charge in [0.15, 0.2) is 0 Å². The normalized spacial score (nSPS) is 12.3. The minimum absolute atomic E-state index is 0.0229. The summed E-state index contributed by atoms with van der Waals surface area (Å²) in [4.78, 5) is 0. The van der Waals surface area contributed by atoms with Gasteiger partial charge in [-0.3, -0.25) is 0 Å². The second-order valence-corrected chi connectivity index (χ2v) is 5.03. The number of hydrogen-bond acceptors (Lipinski definition) is 2. The highest BCUT2D eigenvalue weighted by Gasteiger charge is 2.04. The molecule has 2 rings (SSSR count). The smallest absolute Gasteiger partial charge is 0.0717 e. The molecule has 0 aliphatic carbocycles. The van der Waals surface area contributed by atoms with Gasteiger partial charge in [-0.1, -0.05) is 54.1 Å². The molecule has 0 saturated carbocycles. The van der Waals surface area contributed by atoms with Crippen molar-refractivity contribution < 1.29 is 4.74 Å². The van der Waals surface area contributed by atoms with Crippen molar-refractivity contribution in [3.05, 3.63) is 70.7 Å². The molecule has 0 saturated heterocycles. The van der Waals surface area contributed by atoms with Gasteiger partial charge < -0.3 is 10.5 Å². The molecule has 2 nitrogen and oxygen atoms in total. The van der Waals surface area contributed by atoms with Gasteiger partial charge in [0, 0.05) is 11.1 Å². The van der Waals surface area contributed by atoms with Crippen molar-refractivity contribution in [2.24, 2.45) is 5.73 Å². The molecule has 0 aromatic heterocycles. The third-order valence-electron chi connectivity index (χ3n) is 2.85. The maximum absolute atomic E-state index is 6.05. The number of hydrogen-bond donors (Lipinski definition) is 1. The molecule has 0 unspecified atom stereocenters. The fourth-order valence-corrected chi connectivity index (χ4v) is 2.01. The Bertz CT molecular complexity index is 484. The van der Waals surface area contributed by atoms with Crippen molar-refractivity contribution in [2.45, 2.75) is 19.1 Å². The molecule has 0 heterocycles. The molecule has 2 N–H and O–H groups in total. The highest BCUT2D eigenvalue weighted by Crippen LogP contribution is 2.10. The van der Waals surface area contributed by atoms with E-state index >= 15 is 0 Å². The van der Waals surface area contributed by atoms with E-state index in [2.05, 4.69) is 12.1 Å². The van der Waals surface area contributed by atoms with Crippen LogP contribution in [0, 0.1) is 0 Å². The lowest BCUT2D eigenvalue weighted by molar-refractivity contribution is 0.108. The van der Waals surface area contributed by atoms with Crippen molar-refractivity contribution in [1.82, 2.24) is 0 Å². The Kier molecular flexibility index (Phi) is 5.40. The maximum Gasteiger partial charge on any atom is 0.0717 e. The third kappa shape index (κ3) is 5.03. The molecule has 1 atom stereocenters. The summed E-state index contributed by atoms with van der Waals surface area (Å²) in [5.41, 5.74) is 8.40. The van der Waals surface area contributed by atoms with Crippen LogP contribution < -0.4 is 5.73 Å². The van der Waals surface area contributed by atoms with Crippen LogP contribution >= 0.6 is 11.6 Å². The first-order valence-corrected chi connectivity index (χ1v) is 6.73. The summed E-state index contributed by atoms with van der Waals surface area (Å²) < 4.78 is 5.63. The Morgan fingerprint density at radius 2 is 1.63 bits per heavy atom. The van der Waals surface area contributed by atoms with E-state index in [9.17, 15) is 0 Å². The average molecular weight is 276 g/mol. The summed E-state index contributed by atoms with van der Waals surface area (Å²) in [6.07, 6.45) is 0.835. The van der Waals surface area contributed by atoms with E-state index in [4.69, 9.17) is 22.1 Å². The molecule has 19 heavy (non-hydrogen) atoms. The topological polar surface area (TPSA) is 35.2 Å². The summed E-state index contributed by atoms with van der Waals surface area (Å²) in [6, 6.07) is 17.9. The van der Waals surface area contributed by atoms with E-state index in [-0.39, 0.29) is 6.04 Å². The molecule has 0 aliphatic heterocycles. The van der Waals surface area contributed by atoms with Crippen LogP contribution in [0.25, 0.3) is 0 Å². The second kappa shape index (κ2) is 7.29. The molecule has 0 bridgehead atoms. The zero-order chi connectivity index (χ0) is 13.5. The first kappa shape index (κ1) is 14.1. The van der Waals surface area contributed by atoms with Crippen molar-refractivity contribution in [3.63, 3.8) is 0 Å². The number of halogens is 1. The lowest BCUT2D eigenvalue weighted by Crippen LogP contribution is -2.28. The number of benzene rings is 2. The molecule has 0 radical (unpaired) electrons. The molecule has 2 aromatic rings. The van der Waals surface area contributed by atoms with Crippen molar-refractivity contribution >= 4 is 11.6 Å². The zero-order valence-electron chi connectivity index (χ0n) is 10.8. The Balaban J connectivity index is 1.72. The number of nitrogens with two attached hydrogens (primary N) is 1. The fourth-order valence-electron chi connectivity index (χ4n) is 1.88. The van der Waals surface area contributed by atoms with Crippen LogP contribution in [0.2, 0.25) is 5.02 Å². The Morgan fingerprint density at radius 1 is 0.947 bits per heavy atom. The van der Waals surface area contributed by atoms with Crippen LogP contribution in [-0.2, 0) is 17.8 Å². The van der Waals surface area contributed by atoms with Crippen LogP contribution in [0.1, 0.15) is 11.1 Å². The average Bonchev–Trinajstić information content (AvgIpc) is 2.42. The SMILES string of the molecule is N[C@@H](COCc1ccc(Cl)cc1)Cc1ccccc1. The standard InChI is InChI=1S/C16H18ClNO/c17-15-8-6-14(7-9-15)11-19-12-16(18)10-13-4-2-1-3-5-13/h1-9,16H,10-12,18H2/t16-/m1/s1. The second-order valence-electron chi connectivity index (χ2n) is 4.59.